The first kappa shape index (κ1) is 11.9. The van der Waals surface area contributed by atoms with E-state index in [0.717, 1.165) is 12.0 Å². The summed E-state index contributed by atoms with van der Waals surface area (Å²) in [7, 11) is 3.94. The third-order valence-corrected chi connectivity index (χ3v) is 3.11. The van der Waals surface area contributed by atoms with Gasteiger partial charge in [0, 0.05) is 24.8 Å². The Bertz CT molecular complexity index is 466. The smallest absolute Gasteiger partial charge is 0.0568 e. The fourth-order valence-electron chi connectivity index (χ4n) is 2.08. The molecule has 0 saturated heterocycles. The summed E-state index contributed by atoms with van der Waals surface area (Å²) >= 11 is 0. The first-order chi connectivity index (χ1) is 8.24. The lowest BCUT2D eigenvalue weighted by atomic mass is 10.0. The predicted molar refractivity (Wildman–Crippen MR) is 70.7 cm³/mol. The highest BCUT2D eigenvalue weighted by atomic mass is 15.2. The van der Waals surface area contributed by atoms with Crippen molar-refractivity contribution < 1.29 is 0 Å². The van der Waals surface area contributed by atoms with E-state index in [1.54, 1.807) is 0 Å². The minimum atomic E-state index is 0.443. The van der Waals surface area contributed by atoms with Gasteiger partial charge in [-0.05, 0) is 24.6 Å². The maximum atomic E-state index is 4.19. The van der Waals surface area contributed by atoms with Crippen LogP contribution in [0.2, 0.25) is 0 Å². The van der Waals surface area contributed by atoms with Crippen LogP contribution in [0.15, 0.2) is 36.7 Å². The molecule has 1 aromatic heterocycles. The number of rotatable bonds is 4. The molecular weight excluding hydrogens is 210 g/mol. The molecule has 1 N–H and O–H groups in total. The number of nitrogens with zero attached hydrogens (tertiary/aromatic N) is 2. The van der Waals surface area contributed by atoms with Crippen molar-refractivity contribution in [3.63, 3.8) is 0 Å². The zero-order valence-corrected chi connectivity index (χ0v) is 10.6. The van der Waals surface area contributed by atoms with Crippen LogP contribution >= 0.6 is 0 Å². The third kappa shape index (κ3) is 2.56. The Kier molecular flexibility index (Phi) is 3.59. The number of aromatic nitrogens is 2. The molecule has 1 unspecified atom stereocenters. The van der Waals surface area contributed by atoms with Crippen LogP contribution in [0.4, 0.5) is 0 Å². The molecule has 0 fully saturated rings. The highest BCUT2D eigenvalue weighted by Gasteiger charge is 2.06. The minimum Gasteiger partial charge on any atom is -0.313 e. The van der Waals surface area contributed by atoms with E-state index in [2.05, 4.69) is 41.6 Å². The number of nitrogens with one attached hydrogen (secondary N) is 1. The summed E-state index contributed by atoms with van der Waals surface area (Å²) in [5.74, 6) is 0. The monoisotopic (exact) mass is 229 g/mol. The van der Waals surface area contributed by atoms with Crippen LogP contribution in [0, 0.1) is 0 Å². The van der Waals surface area contributed by atoms with Crippen molar-refractivity contribution in [3.8, 4) is 11.1 Å². The first-order valence-electron chi connectivity index (χ1n) is 6.01. The Morgan fingerprint density at radius 2 is 1.94 bits per heavy atom. The van der Waals surface area contributed by atoms with Gasteiger partial charge in [-0.25, -0.2) is 0 Å². The second kappa shape index (κ2) is 5.15. The molecule has 0 spiro atoms. The highest BCUT2D eigenvalue weighted by Crippen LogP contribution is 2.22. The van der Waals surface area contributed by atoms with Crippen molar-refractivity contribution in [1.29, 1.82) is 0 Å². The van der Waals surface area contributed by atoms with E-state index in [1.807, 2.05) is 31.2 Å². The maximum absolute atomic E-state index is 4.19. The molecule has 0 radical (unpaired) electrons. The molecule has 2 aromatic rings. The molecule has 0 aliphatic carbocycles. The van der Waals surface area contributed by atoms with Gasteiger partial charge in [0.15, 0.2) is 0 Å². The lowest BCUT2D eigenvalue weighted by molar-refractivity contribution is 0.577. The molecule has 90 valence electrons. The summed E-state index contributed by atoms with van der Waals surface area (Å²) in [6.45, 7) is 2.19. The molecule has 0 bridgehead atoms. The second-order valence-corrected chi connectivity index (χ2v) is 4.27. The van der Waals surface area contributed by atoms with Crippen molar-refractivity contribution in [2.75, 3.05) is 7.05 Å². The van der Waals surface area contributed by atoms with Crippen molar-refractivity contribution in [2.24, 2.45) is 7.05 Å². The summed E-state index contributed by atoms with van der Waals surface area (Å²) in [6, 6.07) is 9.14. The molecule has 3 nitrogen and oxygen atoms in total. The molecular formula is C14H19N3. The third-order valence-electron chi connectivity index (χ3n) is 3.11. The van der Waals surface area contributed by atoms with Gasteiger partial charge in [-0.1, -0.05) is 31.2 Å². The van der Waals surface area contributed by atoms with Crippen molar-refractivity contribution in [3.05, 3.63) is 42.2 Å². The van der Waals surface area contributed by atoms with Crippen molar-refractivity contribution in [2.45, 2.75) is 19.4 Å². The van der Waals surface area contributed by atoms with Crippen LogP contribution in [0.1, 0.15) is 24.9 Å². The van der Waals surface area contributed by atoms with Crippen LogP contribution < -0.4 is 5.32 Å². The van der Waals surface area contributed by atoms with Gasteiger partial charge in [0.25, 0.3) is 0 Å². The van der Waals surface area contributed by atoms with E-state index in [9.17, 15) is 0 Å². The van der Waals surface area contributed by atoms with E-state index in [1.165, 1.54) is 11.1 Å². The van der Waals surface area contributed by atoms with Crippen LogP contribution in [-0.2, 0) is 7.05 Å². The quantitative estimate of drug-likeness (QED) is 0.873. The van der Waals surface area contributed by atoms with Gasteiger partial charge >= 0.3 is 0 Å². The summed E-state index contributed by atoms with van der Waals surface area (Å²) in [4.78, 5) is 0. The topological polar surface area (TPSA) is 29.9 Å². The molecule has 1 aromatic carbocycles. The fraction of sp³-hybridized carbons (Fsp3) is 0.357. The Labute approximate surface area is 102 Å². The lowest BCUT2D eigenvalue weighted by Gasteiger charge is -2.14. The average Bonchev–Trinajstić information content (AvgIpc) is 2.78. The van der Waals surface area contributed by atoms with E-state index >= 15 is 0 Å². The maximum Gasteiger partial charge on any atom is 0.0568 e. The second-order valence-electron chi connectivity index (χ2n) is 4.27. The summed E-state index contributed by atoms with van der Waals surface area (Å²) in [6.07, 6.45) is 5.03. The van der Waals surface area contributed by atoms with Crippen LogP contribution in [0.3, 0.4) is 0 Å². The zero-order valence-electron chi connectivity index (χ0n) is 10.6. The molecule has 0 aliphatic rings. The zero-order chi connectivity index (χ0) is 12.3. The molecule has 1 atom stereocenters. The summed E-state index contributed by atoms with van der Waals surface area (Å²) < 4.78 is 1.83. The lowest BCUT2D eigenvalue weighted by Crippen LogP contribution is -2.14. The fourth-order valence-corrected chi connectivity index (χ4v) is 2.08. The molecule has 17 heavy (non-hydrogen) atoms. The van der Waals surface area contributed by atoms with Gasteiger partial charge in [0.1, 0.15) is 0 Å². The Balaban J connectivity index is 2.23. The first-order valence-corrected chi connectivity index (χ1v) is 6.01. The number of benzene rings is 1. The number of hydrogen-bond acceptors (Lipinski definition) is 2. The molecule has 0 amide bonds. The summed E-state index contributed by atoms with van der Waals surface area (Å²) in [5, 5.41) is 7.50. The predicted octanol–water partition coefficient (Wildman–Crippen LogP) is 2.76. The van der Waals surface area contributed by atoms with E-state index in [0.29, 0.717) is 6.04 Å². The Morgan fingerprint density at radius 3 is 2.41 bits per heavy atom. The molecule has 1 heterocycles. The average molecular weight is 229 g/mol. The van der Waals surface area contributed by atoms with E-state index in [-0.39, 0.29) is 0 Å². The van der Waals surface area contributed by atoms with Crippen LogP contribution in [0.5, 0.6) is 0 Å². The Hall–Kier alpha value is -1.61. The number of aryl methyl sites for hydroxylation is 1. The van der Waals surface area contributed by atoms with E-state index in [4.69, 9.17) is 0 Å². The van der Waals surface area contributed by atoms with Gasteiger partial charge in [-0.3, -0.25) is 4.68 Å². The van der Waals surface area contributed by atoms with Gasteiger partial charge in [0.2, 0.25) is 0 Å². The number of hydrogen-bond donors (Lipinski definition) is 1. The molecule has 0 saturated carbocycles. The van der Waals surface area contributed by atoms with Gasteiger partial charge < -0.3 is 5.32 Å². The molecule has 0 aliphatic heterocycles. The largest absolute Gasteiger partial charge is 0.313 e. The molecule has 2 rings (SSSR count). The Morgan fingerprint density at radius 1 is 1.24 bits per heavy atom. The minimum absolute atomic E-state index is 0.443. The van der Waals surface area contributed by atoms with Crippen molar-refractivity contribution >= 4 is 0 Å². The SMILES string of the molecule is CCC(NC)c1ccc(-c2cnn(C)c2)cc1. The van der Waals surface area contributed by atoms with Gasteiger partial charge in [-0.2, -0.15) is 5.10 Å². The van der Waals surface area contributed by atoms with E-state index < -0.39 is 0 Å². The van der Waals surface area contributed by atoms with Crippen molar-refractivity contribution in [1.82, 2.24) is 15.1 Å². The normalized spacial score (nSPS) is 12.6. The van der Waals surface area contributed by atoms with Crippen LogP contribution in [-0.4, -0.2) is 16.8 Å². The molecule has 3 heteroatoms. The highest BCUT2D eigenvalue weighted by molar-refractivity contribution is 5.62. The standard InChI is InChI=1S/C14H19N3/c1-4-14(15-2)12-7-5-11(6-8-12)13-9-16-17(3)10-13/h5-10,14-15H,4H2,1-3H3. The van der Waals surface area contributed by atoms with Gasteiger partial charge in [-0.15, -0.1) is 0 Å². The summed E-state index contributed by atoms with van der Waals surface area (Å²) in [5.41, 5.74) is 3.71. The van der Waals surface area contributed by atoms with Gasteiger partial charge in [0.05, 0.1) is 6.20 Å². The van der Waals surface area contributed by atoms with Crippen LogP contribution in [0.25, 0.3) is 11.1 Å².